The van der Waals surface area contributed by atoms with Crippen LogP contribution in [0.2, 0.25) is 0 Å². The number of ether oxygens (including phenoxy) is 1. The van der Waals surface area contributed by atoms with Gasteiger partial charge in [0.25, 0.3) is 5.91 Å². The molecule has 132 valence electrons. The third-order valence-electron chi connectivity index (χ3n) is 3.60. The Morgan fingerprint density at radius 2 is 1.85 bits per heavy atom. The van der Waals surface area contributed by atoms with Crippen LogP contribution in [0, 0.1) is 5.82 Å². The van der Waals surface area contributed by atoms with E-state index in [2.05, 4.69) is 5.32 Å². The Balaban J connectivity index is 1.95. The van der Waals surface area contributed by atoms with E-state index in [1.807, 2.05) is 30.3 Å². The number of amides is 1. The van der Waals surface area contributed by atoms with Gasteiger partial charge in [0.05, 0.1) is 12.2 Å². The molecular formula is C20H16FNO3S. The minimum absolute atomic E-state index is 0.175. The highest BCUT2D eigenvalue weighted by Crippen LogP contribution is 2.36. The lowest BCUT2D eigenvalue weighted by atomic mass is 10.1. The Morgan fingerprint density at radius 1 is 1.08 bits per heavy atom. The van der Waals surface area contributed by atoms with Gasteiger partial charge in [0.1, 0.15) is 10.8 Å². The first-order valence-corrected chi connectivity index (χ1v) is 8.83. The Bertz CT molecular complexity index is 937. The Morgan fingerprint density at radius 3 is 2.54 bits per heavy atom. The maximum absolute atomic E-state index is 13.3. The fourth-order valence-corrected chi connectivity index (χ4v) is 3.44. The molecule has 4 nitrogen and oxygen atoms in total. The van der Waals surface area contributed by atoms with Gasteiger partial charge >= 0.3 is 5.97 Å². The first-order valence-electron chi connectivity index (χ1n) is 8.01. The molecule has 0 aliphatic carbocycles. The van der Waals surface area contributed by atoms with Crippen LogP contribution in [0.5, 0.6) is 0 Å². The molecule has 0 bridgehead atoms. The van der Waals surface area contributed by atoms with Crippen molar-refractivity contribution in [1.82, 2.24) is 0 Å². The van der Waals surface area contributed by atoms with E-state index in [-0.39, 0.29) is 17.7 Å². The summed E-state index contributed by atoms with van der Waals surface area (Å²) in [6.07, 6.45) is 0. The summed E-state index contributed by atoms with van der Waals surface area (Å²) in [7, 11) is 0. The Kier molecular flexibility index (Phi) is 5.43. The fraction of sp³-hybridized carbons (Fsp3) is 0.100. The van der Waals surface area contributed by atoms with Gasteiger partial charge in [-0.15, -0.1) is 11.3 Å². The number of carbonyl (C=O) groups is 2. The topological polar surface area (TPSA) is 55.4 Å². The van der Waals surface area contributed by atoms with Crippen molar-refractivity contribution in [2.24, 2.45) is 0 Å². The molecule has 0 radical (unpaired) electrons. The third kappa shape index (κ3) is 3.97. The van der Waals surface area contributed by atoms with Crippen LogP contribution in [0.3, 0.4) is 0 Å². The normalized spacial score (nSPS) is 10.4. The molecule has 0 saturated heterocycles. The number of thiophene rings is 1. The molecule has 0 saturated carbocycles. The number of carbonyl (C=O) groups excluding carboxylic acids is 2. The predicted molar refractivity (Wildman–Crippen MR) is 100 cm³/mol. The van der Waals surface area contributed by atoms with Gasteiger partial charge in [0, 0.05) is 10.4 Å². The summed E-state index contributed by atoms with van der Waals surface area (Å²) in [5, 5.41) is 3.07. The Labute approximate surface area is 154 Å². The smallest absolute Gasteiger partial charge is 0.341 e. The molecule has 1 N–H and O–H groups in total. The van der Waals surface area contributed by atoms with Gasteiger partial charge in [-0.1, -0.05) is 36.4 Å². The van der Waals surface area contributed by atoms with E-state index >= 15 is 0 Å². The second-order valence-corrected chi connectivity index (χ2v) is 6.46. The number of nitrogens with one attached hydrogen (secondary N) is 1. The van der Waals surface area contributed by atoms with Crippen LogP contribution < -0.4 is 5.32 Å². The number of esters is 1. The van der Waals surface area contributed by atoms with Crippen LogP contribution in [-0.4, -0.2) is 18.5 Å². The van der Waals surface area contributed by atoms with Gasteiger partial charge in [0.2, 0.25) is 0 Å². The molecular weight excluding hydrogens is 353 g/mol. The predicted octanol–water partition coefficient (Wildman–Crippen LogP) is 4.98. The largest absolute Gasteiger partial charge is 0.462 e. The molecule has 3 rings (SSSR count). The number of rotatable bonds is 5. The molecule has 0 atom stereocenters. The highest BCUT2D eigenvalue weighted by molar-refractivity contribution is 7.20. The van der Waals surface area contributed by atoms with Crippen molar-refractivity contribution >= 4 is 28.2 Å². The highest BCUT2D eigenvalue weighted by Gasteiger charge is 2.20. The number of halogens is 1. The summed E-state index contributed by atoms with van der Waals surface area (Å²) in [6.45, 7) is 1.94. The van der Waals surface area contributed by atoms with Crippen LogP contribution >= 0.6 is 11.3 Å². The van der Waals surface area contributed by atoms with E-state index in [0.717, 1.165) is 16.5 Å². The third-order valence-corrected chi connectivity index (χ3v) is 4.70. The first kappa shape index (κ1) is 17.8. The van der Waals surface area contributed by atoms with Crippen molar-refractivity contribution in [3.8, 4) is 10.4 Å². The zero-order valence-corrected chi connectivity index (χ0v) is 14.8. The molecule has 3 aromatic rings. The summed E-state index contributed by atoms with van der Waals surface area (Å²) >= 11 is 1.27. The lowest BCUT2D eigenvalue weighted by Crippen LogP contribution is -2.14. The van der Waals surface area contributed by atoms with Crippen LogP contribution in [0.25, 0.3) is 10.4 Å². The lowest BCUT2D eigenvalue weighted by Gasteiger charge is -2.06. The average Bonchev–Trinajstić information content (AvgIpc) is 3.06. The van der Waals surface area contributed by atoms with Gasteiger partial charge in [0.15, 0.2) is 0 Å². The van der Waals surface area contributed by atoms with Crippen LogP contribution in [0.15, 0.2) is 60.7 Å². The van der Waals surface area contributed by atoms with Gasteiger partial charge in [-0.3, -0.25) is 4.79 Å². The standard InChI is InChI=1S/C20H16FNO3S/c1-2-25-20(24)16-12-17(13-7-4-3-5-8-13)26-19(16)22-18(23)14-9-6-10-15(21)11-14/h3-12H,2H2,1H3,(H,22,23). The van der Waals surface area contributed by atoms with Crippen LogP contribution in [-0.2, 0) is 4.74 Å². The molecule has 0 aliphatic heterocycles. The van der Waals surface area contributed by atoms with Gasteiger partial charge in [-0.2, -0.15) is 0 Å². The van der Waals surface area contributed by atoms with Gasteiger partial charge in [-0.05, 0) is 36.8 Å². The molecule has 6 heteroatoms. The highest BCUT2D eigenvalue weighted by atomic mass is 32.1. The molecule has 0 aliphatic rings. The molecule has 0 unspecified atom stereocenters. The number of anilines is 1. The average molecular weight is 369 g/mol. The summed E-state index contributed by atoms with van der Waals surface area (Å²) in [6, 6.07) is 16.6. The number of hydrogen-bond donors (Lipinski definition) is 1. The van der Waals surface area contributed by atoms with E-state index in [9.17, 15) is 14.0 Å². The van der Waals surface area contributed by atoms with Crippen molar-refractivity contribution in [3.63, 3.8) is 0 Å². The van der Waals surface area contributed by atoms with Crippen LogP contribution in [0.1, 0.15) is 27.6 Å². The van der Waals surface area contributed by atoms with E-state index in [1.54, 1.807) is 13.0 Å². The molecule has 0 spiro atoms. The van der Waals surface area contributed by atoms with Crippen molar-refractivity contribution in [3.05, 3.63) is 77.6 Å². The van der Waals surface area contributed by atoms with E-state index in [0.29, 0.717) is 5.00 Å². The lowest BCUT2D eigenvalue weighted by molar-refractivity contribution is 0.0528. The molecule has 1 aromatic heterocycles. The first-order chi connectivity index (χ1) is 12.6. The summed E-state index contributed by atoms with van der Waals surface area (Å²) in [5.74, 6) is -1.50. The van der Waals surface area contributed by atoms with Gasteiger partial charge < -0.3 is 10.1 Å². The number of benzene rings is 2. The number of hydrogen-bond acceptors (Lipinski definition) is 4. The van der Waals surface area contributed by atoms with Crippen molar-refractivity contribution < 1.29 is 18.7 Å². The zero-order valence-electron chi connectivity index (χ0n) is 14.0. The monoisotopic (exact) mass is 369 g/mol. The molecule has 26 heavy (non-hydrogen) atoms. The molecule has 0 fully saturated rings. The van der Waals surface area contributed by atoms with Crippen molar-refractivity contribution in [1.29, 1.82) is 0 Å². The van der Waals surface area contributed by atoms with Crippen molar-refractivity contribution in [2.75, 3.05) is 11.9 Å². The summed E-state index contributed by atoms with van der Waals surface area (Å²) in [4.78, 5) is 25.5. The van der Waals surface area contributed by atoms with Gasteiger partial charge in [-0.25, -0.2) is 9.18 Å². The summed E-state index contributed by atoms with van der Waals surface area (Å²) in [5.41, 5.74) is 1.38. The Hall–Kier alpha value is -2.99. The minimum atomic E-state index is -0.513. The second-order valence-electron chi connectivity index (χ2n) is 5.40. The summed E-state index contributed by atoms with van der Waals surface area (Å²) < 4.78 is 18.4. The quantitative estimate of drug-likeness (QED) is 0.645. The maximum Gasteiger partial charge on any atom is 0.341 e. The molecule has 2 aromatic carbocycles. The molecule has 1 heterocycles. The zero-order chi connectivity index (χ0) is 18.5. The maximum atomic E-state index is 13.3. The van der Waals surface area contributed by atoms with Crippen molar-refractivity contribution in [2.45, 2.75) is 6.92 Å². The fourth-order valence-electron chi connectivity index (χ4n) is 2.39. The van der Waals surface area contributed by atoms with Crippen LogP contribution in [0.4, 0.5) is 9.39 Å². The second kappa shape index (κ2) is 7.93. The SMILES string of the molecule is CCOC(=O)c1cc(-c2ccccc2)sc1NC(=O)c1cccc(F)c1. The minimum Gasteiger partial charge on any atom is -0.462 e. The van der Waals surface area contributed by atoms with E-state index in [1.165, 1.54) is 29.5 Å². The molecule has 1 amide bonds. The van der Waals surface area contributed by atoms with E-state index < -0.39 is 17.7 Å². The van der Waals surface area contributed by atoms with E-state index in [4.69, 9.17) is 4.74 Å².